The van der Waals surface area contributed by atoms with Gasteiger partial charge in [-0.3, -0.25) is 4.79 Å². The van der Waals surface area contributed by atoms with E-state index in [1.807, 2.05) is 66.2 Å². The molecule has 26 heavy (non-hydrogen) atoms. The maximum absolute atomic E-state index is 12.2. The molecule has 1 N–H and O–H groups in total. The molecule has 0 aliphatic carbocycles. The van der Waals surface area contributed by atoms with Gasteiger partial charge in [-0.2, -0.15) is 5.10 Å². The van der Waals surface area contributed by atoms with Crippen LogP contribution in [-0.4, -0.2) is 20.7 Å². The SMILES string of the molecule is Cc1ccnn1-c1cccc(NC(=O)/C=C/c2nc3ccccc3s2)c1. The zero-order valence-electron chi connectivity index (χ0n) is 14.1. The van der Waals surface area contributed by atoms with Crippen LogP contribution in [0.3, 0.4) is 0 Å². The molecule has 2 heterocycles. The van der Waals surface area contributed by atoms with Gasteiger partial charge in [-0.1, -0.05) is 18.2 Å². The number of aryl methyl sites for hydroxylation is 1. The first-order chi connectivity index (χ1) is 12.7. The third-order valence-electron chi connectivity index (χ3n) is 3.88. The number of fused-ring (bicyclic) bond motifs is 1. The summed E-state index contributed by atoms with van der Waals surface area (Å²) in [6.07, 6.45) is 4.99. The number of anilines is 1. The normalized spacial score (nSPS) is 11.3. The average Bonchev–Trinajstić information content (AvgIpc) is 3.25. The molecule has 2 aromatic heterocycles. The summed E-state index contributed by atoms with van der Waals surface area (Å²) in [6, 6.07) is 17.4. The van der Waals surface area contributed by atoms with Crippen molar-refractivity contribution in [2.24, 2.45) is 0 Å². The van der Waals surface area contributed by atoms with Crippen molar-refractivity contribution < 1.29 is 4.79 Å². The predicted molar refractivity (Wildman–Crippen MR) is 106 cm³/mol. The maximum atomic E-state index is 12.2. The second-order valence-corrected chi connectivity index (χ2v) is 6.84. The van der Waals surface area contributed by atoms with Crippen LogP contribution < -0.4 is 5.32 Å². The summed E-state index contributed by atoms with van der Waals surface area (Å²) in [5.41, 5.74) is 3.60. The molecule has 0 radical (unpaired) electrons. The second kappa shape index (κ2) is 6.93. The number of hydrogen-bond acceptors (Lipinski definition) is 4. The number of aromatic nitrogens is 3. The number of hydrogen-bond donors (Lipinski definition) is 1. The van der Waals surface area contributed by atoms with Crippen molar-refractivity contribution in [1.29, 1.82) is 0 Å². The number of nitrogens with one attached hydrogen (secondary N) is 1. The van der Waals surface area contributed by atoms with E-state index in [4.69, 9.17) is 0 Å². The largest absolute Gasteiger partial charge is 0.322 e. The number of rotatable bonds is 4. The summed E-state index contributed by atoms with van der Waals surface area (Å²) >= 11 is 1.56. The Morgan fingerprint density at radius 2 is 2.04 bits per heavy atom. The van der Waals surface area contributed by atoms with E-state index < -0.39 is 0 Å². The Balaban J connectivity index is 1.48. The topological polar surface area (TPSA) is 59.8 Å². The van der Waals surface area contributed by atoms with Crippen LogP contribution in [0.1, 0.15) is 10.7 Å². The van der Waals surface area contributed by atoms with Crippen LogP contribution in [0.4, 0.5) is 5.69 Å². The van der Waals surface area contributed by atoms with E-state index in [1.54, 1.807) is 23.6 Å². The molecule has 0 fully saturated rings. The Kier molecular flexibility index (Phi) is 4.33. The molecule has 0 aliphatic rings. The van der Waals surface area contributed by atoms with Gasteiger partial charge in [-0.15, -0.1) is 11.3 Å². The smallest absolute Gasteiger partial charge is 0.248 e. The van der Waals surface area contributed by atoms with Crippen LogP contribution >= 0.6 is 11.3 Å². The van der Waals surface area contributed by atoms with Crippen molar-refractivity contribution in [3.8, 4) is 5.69 Å². The minimum absolute atomic E-state index is 0.196. The van der Waals surface area contributed by atoms with Crippen molar-refractivity contribution >= 4 is 39.2 Å². The molecule has 1 amide bonds. The Bertz CT molecular complexity index is 1080. The van der Waals surface area contributed by atoms with E-state index in [-0.39, 0.29) is 5.91 Å². The molecule has 0 atom stereocenters. The first-order valence-corrected chi connectivity index (χ1v) is 8.96. The molecule has 0 spiro atoms. The number of amides is 1. The molecule has 0 bridgehead atoms. The lowest BCUT2D eigenvalue weighted by atomic mass is 10.2. The van der Waals surface area contributed by atoms with Gasteiger partial charge in [0.2, 0.25) is 5.91 Å². The minimum Gasteiger partial charge on any atom is -0.322 e. The first-order valence-electron chi connectivity index (χ1n) is 8.15. The van der Waals surface area contributed by atoms with Crippen molar-refractivity contribution in [2.45, 2.75) is 6.92 Å². The molecule has 128 valence electrons. The van der Waals surface area contributed by atoms with Gasteiger partial charge in [-0.25, -0.2) is 9.67 Å². The highest BCUT2D eigenvalue weighted by Crippen LogP contribution is 2.22. The molecule has 4 rings (SSSR count). The van der Waals surface area contributed by atoms with Gasteiger partial charge >= 0.3 is 0 Å². The monoisotopic (exact) mass is 360 g/mol. The van der Waals surface area contributed by atoms with E-state index >= 15 is 0 Å². The van der Waals surface area contributed by atoms with Crippen molar-refractivity contribution in [2.75, 3.05) is 5.32 Å². The van der Waals surface area contributed by atoms with Crippen LogP contribution in [0, 0.1) is 6.92 Å². The van der Waals surface area contributed by atoms with Crippen molar-refractivity contribution in [3.63, 3.8) is 0 Å². The summed E-state index contributed by atoms with van der Waals surface area (Å²) in [7, 11) is 0. The summed E-state index contributed by atoms with van der Waals surface area (Å²) in [5.74, 6) is -0.196. The molecule has 0 saturated heterocycles. The standard InChI is InChI=1S/C20H16N4OS/c1-14-11-12-21-24(14)16-6-4-5-15(13-16)22-19(25)9-10-20-23-17-7-2-3-8-18(17)26-20/h2-13H,1H3,(H,22,25)/b10-9+. The summed E-state index contributed by atoms with van der Waals surface area (Å²) in [6.45, 7) is 1.99. The zero-order chi connectivity index (χ0) is 17.9. The fraction of sp³-hybridized carbons (Fsp3) is 0.0500. The second-order valence-electron chi connectivity index (χ2n) is 5.78. The lowest BCUT2D eigenvalue weighted by Gasteiger charge is -2.07. The fourth-order valence-electron chi connectivity index (χ4n) is 2.65. The van der Waals surface area contributed by atoms with Gasteiger partial charge in [0.1, 0.15) is 5.01 Å². The highest BCUT2D eigenvalue weighted by atomic mass is 32.1. The van der Waals surface area contributed by atoms with E-state index in [0.717, 1.165) is 32.3 Å². The van der Waals surface area contributed by atoms with E-state index in [0.29, 0.717) is 0 Å². The highest BCUT2D eigenvalue weighted by molar-refractivity contribution is 7.19. The lowest BCUT2D eigenvalue weighted by Crippen LogP contribution is -2.08. The first kappa shape index (κ1) is 16.2. The molecule has 6 heteroatoms. The number of benzene rings is 2. The summed E-state index contributed by atoms with van der Waals surface area (Å²) in [4.78, 5) is 16.7. The number of para-hydroxylation sites is 1. The average molecular weight is 360 g/mol. The predicted octanol–water partition coefficient (Wildman–Crippen LogP) is 4.44. The van der Waals surface area contributed by atoms with Gasteiger partial charge in [-0.05, 0) is 49.4 Å². The zero-order valence-corrected chi connectivity index (χ0v) is 14.9. The molecule has 0 saturated carbocycles. The van der Waals surface area contributed by atoms with Gasteiger partial charge in [0, 0.05) is 23.7 Å². The number of carbonyl (C=O) groups excluding carboxylic acids is 1. The van der Waals surface area contributed by atoms with Crippen LogP contribution in [0.2, 0.25) is 0 Å². The molecule has 0 unspecified atom stereocenters. The van der Waals surface area contributed by atoms with Crippen LogP contribution in [0.25, 0.3) is 22.0 Å². The third kappa shape index (κ3) is 3.41. The van der Waals surface area contributed by atoms with Crippen LogP contribution in [-0.2, 0) is 4.79 Å². The van der Waals surface area contributed by atoms with Gasteiger partial charge in [0.05, 0.1) is 15.9 Å². The summed E-state index contributed by atoms with van der Waals surface area (Å²) < 4.78 is 2.93. The van der Waals surface area contributed by atoms with Gasteiger partial charge < -0.3 is 5.32 Å². The van der Waals surface area contributed by atoms with E-state index in [2.05, 4.69) is 15.4 Å². The Morgan fingerprint density at radius 1 is 1.15 bits per heavy atom. The number of nitrogens with zero attached hydrogens (tertiary/aromatic N) is 3. The third-order valence-corrected chi connectivity index (χ3v) is 4.88. The van der Waals surface area contributed by atoms with E-state index in [1.165, 1.54) is 6.08 Å². The van der Waals surface area contributed by atoms with Crippen molar-refractivity contribution in [3.05, 3.63) is 77.6 Å². The lowest BCUT2D eigenvalue weighted by molar-refractivity contribution is -0.111. The Labute approximate surface area is 154 Å². The van der Waals surface area contributed by atoms with Crippen LogP contribution in [0.5, 0.6) is 0 Å². The van der Waals surface area contributed by atoms with Gasteiger partial charge in [0.15, 0.2) is 0 Å². The number of thiazole rings is 1. The van der Waals surface area contributed by atoms with Crippen molar-refractivity contribution in [1.82, 2.24) is 14.8 Å². The quantitative estimate of drug-likeness (QED) is 0.547. The van der Waals surface area contributed by atoms with E-state index in [9.17, 15) is 4.79 Å². The molecule has 0 aliphatic heterocycles. The minimum atomic E-state index is -0.196. The summed E-state index contributed by atoms with van der Waals surface area (Å²) in [5, 5.41) is 7.97. The Hall–Kier alpha value is -3.25. The molecule has 5 nitrogen and oxygen atoms in total. The van der Waals surface area contributed by atoms with Crippen LogP contribution in [0.15, 0.2) is 66.9 Å². The number of carbonyl (C=O) groups is 1. The molecule has 4 aromatic rings. The highest BCUT2D eigenvalue weighted by Gasteiger charge is 2.04. The maximum Gasteiger partial charge on any atom is 0.248 e. The Morgan fingerprint density at radius 3 is 2.85 bits per heavy atom. The molecular weight excluding hydrogens is 344 g/mol. The van der Waals surface area contributed by atoms with Gasteiger partial charge in [0.25, 0.3) is 0 Å². The molecular formula is C20H16N4OS. The molecule has 2 aromatic carbocycles. The fourth-order valence-corrected chi connectivity index (χ4v) is 3.52.